The summed E-state index contributed by atoms with van der Waals surface area (Å²) in [5.41, 5.74) is 0. The number of carbonyl (C=O) groups is 1. The van der Waals surface area contributed by atoms with Gasteiger partial charge in [0.05, 0.1) is 6.54 Å². The molecule has 1 aromatic rings. The Labute approximate surface area is 107 Å². The quantitative estimate of drug-likeness (QED) is 0.746. The second-order valence-corrected chi connectivity index (χ2v) is 4.70. The van der Waals surface area contributed by atoms with Crippen LogP contribution >= 0.6 is 0 Å². The van der Waals surface area contributed by atoms with Crippen LogP contribution in [0.15, 0.2) is 6.33 Å². The molecule has 2 heterocycles. The van der Waals surface area contributed by atoms with E-state index in [0.29, 0.717) is 6.54 Å². The fourth-order valence-electron chi connectivity index (χ4n) is 2.15. The Morgan fingerprint density at radius 2 is 2.17 bits per heavy atom. The predicted molar refractivity (Wildman–Crippen MR) is 68.0 cm³/mol. The first-order valence-electron chi connectivity index (χ1n) is 6.59. The van der Waals surface area contributed by atoms with E-state index in [4.69, 9.17) is 0 Å². The average molecular weight is 251 g/mol. The minimum Gasteiger partial charge on any atom is -0.342 e. The summed E-state index contributed by atoms with van der Waals surface area (Å²) in [6, 6.07) is 0. The van der Waals surface area contributed by atoms with Crippen LogP contribution in [-0.4, -0.2) is 51.8 Å². The van der Waals surface area contributed by atoms with E-state index in [1.54, 1.807) is 11.0 Å². The largest absolute Gasteiger partial charge is 0.342 e. The maximum atomic E-state index is 11.8. The van der Waals surface area contributed by atoms with Gasteiger partial charge in [0.1, 0.15) is 6.33 Å². The first-order valence-corrected chi connectivity index (χ1v) is 6.59. The Bertz CT molecular complexity index is 384. The second-order valence-electron chi connectivity index (χ2n) is 4.70. The lowest BCUT2D eigenvalue weighted by atomic mass is 10.1. The van der Waals surface area contributed by atoms with Crippen LogP contribution in [0.5, 0.6) is 0 Å². The van der Waals surface area contributed by atoms with E-state index < -0.39 is 0 Å². The lowest BCUT2D eigenvalue weighted by Gasteiger charge is -2.26. The summed E-state index contributed by atoms with van der Waals surface area (Å²) in [6.45, 7) is 3.00. The summed E-state index contributed by atoms with van der Waals surface area (Å²) in [7, 11) is 1.85. The molecule has 1 N–H and O–H groups in total. The van der Waals surface area contributed by atoms with Crippen molar-refractivity contribution in [3.63, 3.8) is 0 Å². The molecule has 1 amide bonds. The number of nitrogens with zero attached hydrogens (tertiary/aromatic N) is 4. The van der Waals surface area contributed by atoms with Crippen LogP contribution in [0.1, 0.15) is 25.1 Å². The summed E-state index contributed by atoms with van der Waals surface area (Å²) in [5, 5.41) is 7.35. The maximum Gasteiger partial charge on any atom is 0.236 e. The number of rotatable bonds is 5. The van der Waals surface area contributed by atoms with E-state index in [1.807, 2.05) is 11.9 Å². The first kappa shape index (κ1) is 13.0. The van der Waals surface area contributed by atoms with Crippen molar-refractivity contribution in [2.45, 2.75) is 25.7 Å². The molecule has 0 atom stereocenters. The van der Waals surface area contributed by atoms with Crippen molar-refractivity contribution in [1.29, 1.82) is 0 Å². The zero-order valence-electron chi connectivity index (χ0n) is 10.9. The molecule has 2 rings (SSSR count). The lowest BCUT2D eigenvalue weighted by Crippen LogP contribution is -2.41. The zero-order chi connectivity index (χ0) is 12.8. The summed E-state index contributed by atoms with van der Waals surface area (Å²) < 4.78 is 1.69. The number of aromatic nitrogens is 3. The van der Waals surface area contributed by atoms with Gasteiger partial charge in [0.15, 0.2) is 5.82 Å². The molecule has 6 heteroatoms. The van der Waals surface area contributed by atoms with Crippen LogP contribution < -0.4 is 5.32 Å². The number of aryl methyl sites for hydroxylation is 1. The van der Waals surface area contributed by atoms with E-state index in [2.05, 4.69) is 15.4 Å². The number of hydrogen-bond acceptors (Lipinski definition) is 4. The van der Waals surface area contributed by atoms with Crippen LogP contribution in [0.25, 0.3) is 0 Å². The molecule has 1 saturated heterocycles. The van der Waals surface area contributed by atoms with Crippen LogP contribution in [0.4, 0.5) is 0 Å². The summed E-state index contributed by atoms with van der Waals surface area (Å²) in [6.07, 6.45) is 5.98. The SMILES string of the molecule is Cn1cnc(CCNCC(=O)N2CCCCC2)n1. The van der Waals surface area contributed by atoms with Gasteiger partial charge < -0.3 is 10.2 Å². The van der Waals surface area contributed by atoms with Crippen LogP contribution in [0.2, 0.25) is 0 Å². The summed E-state index contributed by atoms with van der Waals surface area (Å²) >= 11 is 0. The van der Waals surface area contributed by atoms with E-state index in [-0.39, 0.29) is 5.91 Å². The van der Waals surface area contributed by atoms with E-state index >= 15 is 0 Å². The van der Waals surface area contributed by atoms with Gasteiger partial charge in [-0.25, -0.2) is 4.98 Å². The molecule has 0 unspecified atom stereocenters. The Kier molecular flexibility index (Phi) is 4.69. The van der Waals surface area contributed by atoms with Gasteiger partial charge in [-0.3, -0.25) is 9.48 Å². The molecule has 1 aromatic heterocycles. The first-order chi connectivity index (χ1) is 8.75. The molecule has 0 saturated carbocycles. The van der Waals surface area contributed by atoms with Gasteiger partial charge in [-0.1, -0.05) is 0 Å². The van der Waals surface area contributed by atoms with Crippen LogP contribution in [0, 0.1) is 0 Å². The van der Waals surface area contributed by atoms with Crippen molar-refractivity contribution in [2.24, 2.45) is 7.05 Å². The number of amides is 1. The highest BCUT2D eigenvalue weighted by Gasteiger charge is 2.15. The third kappa shape index (κ3) is 3.80. The Hall–Kier alpha value is -1.43. The molecule has 100 valence electrons. The minimum atomic E-state index is 0.212. The van der Waals surface area contributed by atoms with Crippen molar-refractivity contribution in [2.75, 3.05) is 26.2 Å². The molecular weight excluding hydrogens is 230 g/mol. The van der Waals surface area contributed by atoms with Gasteiger partial charge in [0, 0.05) is 33.1 Å². The third-order valence-electron chi connectivity index (χ3n) is 3.16. The molecule has 1 aliphatic rings. The van der Waals surface area contributed by atoms with Crippen LogP contribution in [0.3, 0.4) is 0 Å². The fraction of sp³-hybridized carbons (Fsp3) is 0.750. The molecule has 0 spiro atoms. The van der Waals surface area contributed by atoms with E-state index in [1.165, 1.54) is 6.42 Å². The number of nitrogens with one attached hydrogen (secondary N) is 1. The highest BCUT2D eigenvalue weighted by Crippen LogP contribution is 2.08. The molecule has 18 heavy (non-hydrogen) atoms. The zero-order valence-corrected chi connectivity index (χ0v) is 10.9. The van der Waals surface area contributed by atoms with Crippen molar-refractivity contribution >= 4 is 5.91 Å². The Balaban J connectivity index is 1.61. The average Bonchev–Trinajstić information content (AvgIpc) is 2.81. The number of hydrogen-bond donors (Lipinski definition) is 1. The second kappa shape index (κ2) is 6.49. The van der Waals surface area contributed by atoms with Crippen molar-refractivity contribution < 1.29 is 4.79 Å². The molecule has 0 aliphatic carbocycles. The minimum absolute atomic E-state index is 0.212. The number of piperidine rings is 1. The summed E-state index contributed by atoms with van der Waals surface area (Å²) in [5.74, 6) is 1.03. The van der Waals surface area contributed by atoms with Crippen molar-refractivity contribution in [1.82, 2.24) is 25.0 Å². The third-order valence-corrected chi connectivity index (χ3v) is 3.16. The normalized spacial score (nSPS) is 15.9. The molecular formula is C12H21N5O. The molecule has 0 aromatic carbocycles. The lowest BCUT2D eigenvalue weighted by molar-refractivity contribution is -0.131. The Morgan fingerprint density at radius 1 is 1.39 bits per heavy atom. The standard InChI is InChI=1S/C12H21N5O/c1-16-10-14-11(15-16)5-6-13-9-12(18)17-7-3-2-4-8-17/h10,13H,2-9H2,1H3. The van der Waals surface area contributed by atoms with Gasteiger partial charge in [-0.2, -0.15) is 5.10 Å². The number of likely N-dealkylation sites (tertiary alicyclic amines) is 1. The van der Waals surface area contributed by atoms with Crippen molar-refractivity contribution in [3.05, 3.63) is 12.2 Å². The fourth-order valence-corrected chi connectivity index (χ4v) is 2.15. The smallest absolute Gasteiger partial charge is 0.236 e. The molecule has 1 fully saturated rings. The van der Waals surface area contributed by atoms with Gasteiger partial charge in [-0.05, 0) is 19.3 Å². The van der Waals surface area contributed by atoms with E-state index in [0.717, 1.165) is 44.7 Å². The van der Waals surface area contributed by atoms with Crippen LogP contribution in [-0.2, 0) is 18.3 Å². The molecule has 6 nitrogen and oxygen atoms in total. The topological polar surface area (TPSA) is 63.1 Å². The monoisotopic (exact) mass is 251 g/mol. The maximum absolute atomic E-state index is 11.8. The highest BCUT2D eigenvalue weighted by atomic mass is 16.2. The number of carbonyl (C=O) groups excluding carboxylic acids is 1. The van der Waals surface area contributed by atoms with Gasteiger partial charge in [0.25, 0.3) is 0 Å². The predicted octanol–water partition coefficient (Wildman–Crippen LogP) is -0.0403. The van der Waals surface area contributed by atoms with Gasteiger partial charge in [0.2, 0.25) is 5.91 Å². The van der Waals surface area contributed by atoms with E-state index in [9.17, 15) is 4.79 Å². The van der Waals surface area contributed by atoms with Gasteiger partial charge in [-0.15, -0.1) is 0 Å². The molecule has 0 radical (unpaired) electrons. The molecule has 0 bridgehead atoms. The van der Waals surface area contributed by atoms with Crippen molar-refractivity contribution in [3.8, 4) is 0 Å². The highest BCUT2D eigenvalue weighted by molar-refractivity contribution is 5.78. The van der Waals surface area contributed by atoms with Gasteiger partial charge >= 0.3 is 0 Å². The molecule has 1 aliphatic heterocycles. The Morgan fingerprint density at radius 3 is 2.83 bits per heavy atom. The summed E-state index contributed by atoms with van der Waals surface area (Å²) in [4.78, 5) is 17.9.